The summed E-state index contributed by atoms with van der Waals surface area (Å²) in [5.41, 5.74) is 16.2. The lowest BCUT2D eigenvalue weighted by molar-refractivity contribution is 0.425. The van der Waals surface area contributed by atoms with Gasteiger partial charge >= 0.3 is 0 Å². The van der Waals surface area contributed by atoms with Crippen molar-refractivity contribution in [2.75, 3.05) is 0 Å². The first kappa shape index (κ1) is 34.9. The zero-order chi connectivity index (χ0) is 39.6. The van der Waals surface area contributed by atoms with Gasteiger partial charge in [-0.05, 0) is 74.8 Å². The second-order valence-electron chi connectivity index (χ2n) is 16.1. The molecule has 0 unspecified atom stereocenters. The highest BCUT2D eigenvalue weighted by Gasteiger charge is 2.52. The number of hydrogen-bond acceptors (Lipinski definition) is 3. The number of aromatic nitrogens is 2. The first-order valence-corrected chi connectivity index (χ1v) is 20.3. The summed E-state index contributed by atoms with van der Waals surface area (Å²) in [6, 6.07) is 73.6. The smallest absolute Gasteiger partial charge is 0.160 e. The van der Waals surface area contributed by atoms with Crippen LogP contribution in [0.5, 0.6) is 11.5 Å². The Bertz CT molecular complexity index is 2990. The van der Waals surface area contributed by atoms with Crippen LogP contribution in [0.15, 0.2) is 206 Å². The third-order valence-corrected chi connectivity index (χ3v) is 12.4. The van der Waals surface area contributed by atoms with Gasteiger partial charge in [0.25, 0.3) is 0 Å². The van der Waals surface area contributed by atoms with E-state index in [0.717, 1.165) is 50.7 Å². The van der Waals surface area contributed by atoms with Crippen LogP contribution in [-0.2, 0) is 10.8 Å². The molecule has 8 aromatic carbocycles. The van der Waals surface area contributed by atoms with E-state index in [4.69, 9.17) is 14.7 Å². The van der Waals surface area contributed by atoms with Gasteiger partial charge in [-0.2, -0.15) is 0 Å². The summed E-state index contributed by atoms with van der Waals surface area (Å²) in [6.45, 7) is 4.74. The summed E-state index contributed by atoms with van der Waals surface area (Å²) < 4.78 is 6.62. The number of nitrogens with zero attached hydrogens (tertiary/aromatic N) is 2. The second kappa shape index (κ2) is 13.6. The molecule has 1 aromatic heterocycles. The quantitative estimate of drug-likeness (QED) is 0.175. The molecule has 1 aliphatic carbocycles. The summed E-state index contributed by atoms with van der Waals surface area (Å²) in [7, 11) is 0. The van der Waals surface area contributed by atoms with E-state index in [-0.39, 0.29) is 5.41 Å². The van der Waals surface area contributed by atoms with E-state index < -0.39 is 5.41 Å². The fourth-order valence-electron chi connectivity index (χ4n) is 9.57. The molecule has 0 radical (unpaired) electrons. The first-order valence-electron chi connectivity index (χ1n) is 20.3. The number of fused-ring (bicyclic) bond motifs is 8. The van der Waals surface area contributed by atoms with Gasteiger partial charge in [-0.15, -0.1) is 0 Å². The minimum atomic E-state index is -0.544. The Labute approximate surface area is 345 Å². The van der Waals surface area contributed by atoms with Crippen molar-refractivity contribution in [3.05, 3.63) is 240 Å². The van der Waals surface area contributed by atoms with Crippen LogP contribution in [0.2, 0.25) is 0 Å². The monoisotopic (exact) mass is 756 g/mol. The average Bonchev–Trinajstić information content (AvgIpc) is 3.31. The Balaban J connectivity index is 1.06. The maximum atomic E-state index is 6.62. The lowest BCUT2D eigenvalue weighted by Gasteiger charge is -2.50. The van der Waals surface area contributed by atoms with E-state index in [1.54, 1.807) is 0 Å². The Kier molecular flexibility index (Phi) is 8.06. The SMILES string of the molecule is CC1(C)c2ccccc2C2(c3ccccc3Oc3ccccc32)c2ccc(-c3cccc(-c4cc(-c5ccc(-c6ccccc6)cc5)nc(-c5ccccc5)n4)c3)cc21. The number of rotatable bonds is 5. The predicted molar refractivity (Wildman–Crippen MR) is 240 cm³/mol. The molecule has 0 atom stereocenters. The zero-order valence-corrected chi connectivity index (χ0v) is 32.9. The van der Waals surface area contributed by atoms with Crippen molar-refractivity contribution in [3.63, 3.8) is 0 Å². The van der Waals surface area contributed by atoms with E-state index in [2.05, 4.69) is 196 Å². The highest BCUT2D eigenvalue weighted by Crippen LogP contribution is 2.61. The molecule has 2 aliphatic rings. The molecule has 0 bridgehead atoms. The van der Waals surface area contributed by atoms with Gasteiger partial charge in [-0.25, -0.2) is 9.97 Å². The fourth-order valence-corrected chi connectivity index (χ4v) is 9.57. The largest absolute Gasteiger partial charge is 0.457 e. The van der Waals surface area contributed by atoms with Crippen LogP contribution >= 0.6 is 0 Å². The average molecular weight is 757 g/mol. The van der Waals surface area contributed by atoms with Crippen molar-refractivity contribution < 1.29 is 4.74 Å². The Hall–Kier alpha value is -7.36. The molecule has 2 heterocycles. The number of benzene rings is 8. The van der Waals surface area contributed by atoms with Gasteiger partial charge < -0.3 is 4.74 Å². The predicted octanol–water partition coefficient (Wildman–Crippen LogP) is 13.9. The van der Waals surface area contributed by atoms with Crippen molar-refractivity contribution in [2.24, 2.45) is 0 Å². The molecule has 59 heavy (non-hydrogen) atoms. The van der Waals surface area contributed by atoms with E-state index >= 15 is 0 Å². The zero-order valence-electron chi connectivity index (χ0n) is 32.9. The van der Waals surface area contributed by atoms with Crippen molar-refractivity contribution in [1.82, 2.24) is 9.97 Å². The van der Waals surface area contributed by atoms with Crippen molar-refractivity contribution in [3.8, 4) is 67.7 Å². The molecule has 0 saturated heterocycles. The topological polar surface area (TPSA) is 35.0 Å². The van der Waals surface area contributed by atoms with E-state index in [1.165, 1.54) is 44.5 Å². The fraction of sp³-hybridized carbons (Fsp3) is 0.0714. The third-order valence-electron chi connectivity index (χ3n) is 12.4. The van der Waals surface area contributed by atoms with Crippen LogP contribution in [0.25, 0.3) is 56.2 Å². The van der Waals surface area contributed by atoms with Crippen LogP contribution in [-0.4, -0.2) is 9.97 Å². The molecule has 3 heteroatoms. The minimum Gasteiger partial charge on any atom is -0.457 e. The minimum absolute atomic E-state index is 0.269. The first-order chi connectivity index (χ1) is 29.0. The highest BCUT2D eigenvalue weighted by atomic mass is 16.5. The Morgan fingerprint density at radius 3 is 1.46 bits per heavy atom. The van der Waals surface area contributed by atoms with Crippen LogP contribution in [0.4, 0.5) is 0 Å². The maximum absolute atomic E-state index is 6.62. The van der Waals surface area contributed by atoms with Gasteiger partial charge in [0.05, 0.1) is 16.8 Å². The number of ether oxygens (including phenoxy) is 1. The summed E-state index contributed by atoms with van der Waals surface area (Å²) in [6.07, 6.45) is 0. The summed E-state index contributed by atoms with van der Waals surface area (Å²) in [5.74, 6) is 2.50. The van der Waals surface area contributed by atoms with E-state index in [9.17, 15) is 0 Å². The molecule has 0 fully saturated rings. The van der Waals surface area contributed by atoms with Crippen molar-refractivity contribution in [1.29, 1.82) is 0 Å². The van der Waals surface area contributed by atoms with Gasteiger partial charge in [-0.3, -0.25) is 0 Å². The molecule has 1 spiro atoms. The van der Waals surface area contributed by atoms with Crippen molar-refractivity contribution >= 4 is 0 Å². The normalized spacial score (nSPS) is 14.0. The molecule has 0 saturated carbocycles. The standard InChI is InChI=1S/C56H40N2O/c1-55(2)44-22-9-10-23-45(44)56(47-24-11-13-26-52(47)59-53-27-14-12-25-48(53)56)46-33-32-42(35-49(46)55)41-20-15-21-43(34-41)51-36-50(57-54(58-51)40-18-7-4-8-19-40)39-30-28-38(29-31-39)37-16-5-3-6-17-37/h3-36H,1-2H3. The van der Waals surface area contributed by atoms with Gasteiger partial charge in [0.1, 0.15) is 11.5 Å². The van der Waals surface area contributed by atoms with E-state index in [0.29, 0.717) is 5.82 Å². The molecule has 1 aliphatic heterocycles. The molecule has 0 N–H and O–H groups in total. The Morgan fingerprint density at radius 2 is 0.780 bits per heavy atom. The Morgan fingerprint density at radius 1 is 0.322 bits per heavy atom. The molecule has 9 aromatic rings. The molecular formula is C56H40N2O. The van der Waals surface area contributed by atoms with Gasteiger partial charge in [0.15, 0.2) is 5.82 Å². The molecule has 11 rings (SSSR count). The molecular weight excluding hydrogens is 717 g/mol. The van der Waals surface area contributed by atoms with Crippen LogP contribution < -0.4 is 4.74 Å². The van der Waals surface area contributed by atoms with Crippen LogP contribution in [0.3, 0.4) is 0 Å². The lowest BCUT2D eigenvalue weighted by atomic mass is 9.53. The molecule has 3 nitrogen and oxygen atoms in total. The number of para-hydroxylation sites is 2. The lowest BCUT2D eigenvalue weighted by Crippen LogP contribution is -2.43. The third kappa shape index (κ3) is 5.57. The summed E-state index contributed by atoms with van der Waals surface area (Å²) in [4.78, 5) is 10.3. The molecule has 0 amide bonds. The van der Waals surface area contributed by atoms with Gasteiger partial charge in [0, 0.05) is 33.2 Å². The van der Waals surface area contributed by atoms with Gasteiger partial charge in [0.2, 0.25) is 0 Å². The highest BCUT2D eigenvalue weighted by molar-refractivity contribution is 5.80. The summed E-state index contributed by atoms with van der Waals surface area (Å²) in [5, 5.41) is 0. The maximum Gasteiger partial charge on any atom is 0.160 e. The number of hydrogen-bond donors (Lipinski definition) is 0. The summed E-state index contributed by atoms with van der Waals surface area (Å²) >= 11 is 0. The molecule has 280 valence electrons. The van der Waals surface area contributed by atoms with Crippen molar-refractivity contribution in [2.45, 2.75) is 24.7 Å². The van der Waals surface area contributed by atoms with E-state index in [1.807, 2.05) is 24.3 Å². The second-order valence-corrected chi connectivity index (χ2v) is 16.1. The van der Waals surface area contributed by atoms with Crippen LogP contribution in [0.1, 0.15) is 47.2 Å². The van der Waals surface area contributed by atoms with Crippen LogP contribution in [0, 0.1) is 0 Å². The van der Waals surface area contributed by atoms with Gasteiger partial charge in [-0.1, -0.05) is 190 Å².